The lowest BCUT2D eigenvalue weighted by atomic mass is 9.94. The van der Waals surface area contributed by atoms with Gasteiger partial charge in [0.05, 0.1) is 6.61 Å². The number of phenolic OH excluding ortho intramolecular Hbond substituents is 2. The predicted molar refractivity (Wildman–Crippen MR) is 233 cm³/mol. The second-order valence-electron chi connectivity index (χ2n) is 16.1. The molecule has 0 spiro atoms. The van der Waals surface area contributed by atoms with Crippen molar-refractivity contribution in [2.75, 3.05) is 13.7 Å². The van der Waals surface area contributed by atoms with E-state index in [4.69, 9.17) is 11.5 Å². The molecular formula is C44H66N8O11. The van der Waals surface area contributed by atoms with E-state index in [1.807, 2.05) is 0 Å². The van der Waals surface area contributed by atoms with Crippen molar-refractivity contribution >= 4 is 41.4 Å². The van der Waals surface area contributed by atoms with Crippen LogP contribution in [0.2, 0.25) is 0 Å². The first-order valence-electron chi connectivity index (χ1n) is 21.8. The van der Waals surface area contributed by atoms with Crippen molar-refractivity contribution in [1.29, 1.82) is 0 Å². The van der Waals surface area contributed by atoms with Crippen LogP contribution >= 0.6 is 0 Å². The number of nitrogens with two attached hydrogens (primary N) is 2. The summed E-state index contributed by atoms with van der Waals surface area (Å²) in [6.45, 7) is 2.72. The molecule has 19 nitrogen and oxygen atoms in total. The zero-order valence-corrected chi connectivity index (χ0v) is 36.5. The monoisotopic (exact) mass is 882 g/mol. The molecule has 1 aliphatic rings. The first kappa shape index (κ1) is 51.6. The van der Waals surface area contributed by atoms with E-state index in [1.54, 1.807) is 0 Å². The molecule has 6 amide bonds. The van der Waals surface area contributed by atoms with E-state index in [2.05, 4.69) is 33.5 Å². The number of carboxylic acid groups (broad SMARTS) is 1. The van der Waals surface area contributed by atoms with Gasteiger partial charge in [0.2, 0.25) is 23.6 Å². The van der Waals surface area contributed by atoms with Gasteiger partial charge in [0.1, 0.15) is 35.7 Å². The lowest BCUT2D eigenvalue weighted by Gasteiger charge is -2.31. The fourth-order valence-electron chi connectivity index (χ4n) is 7.24. The summed E-state index contributed by atoms with van der Waals surface area (Å²) in [5.41, 5.74) is 12.5. The number of aliphatic hydroxyl groups is 1. The highest BCUT2D eigenvalue weighted by Gasteiger charge is 2.36. The van der Waals surface area contributed by atoms with Crippen LogP contribution in [0, 0.1) is 0 Å². The number of fused-ring (bicyclic) bond motifs is 5. The number of hydrogen-bond donors (Lipinski definition) is 11. The quantitative estimate of drug-likeness (QED) is 0.0560. The van der Waals surface area contributed by atoms with Crippen LogP contribution in [0.25, 0.3) is 11.1 Å². The zero-order chi connectivity index (χ0) is 46.6. The average molecular weight is 883 g/mol. The molecule has 0 saturated carbocycles. The van der Waals surface area contributed by atoms with Crippen LogP contribution in [-0.2, 0) is 40.0 Å². The number of aliphatic carboxylic acids is 1. The lowest BCUT2D eigenvalue weighted by Crippen LogP contribution is -2.62. The zero-order valence-electron chi connectivity index (χ0n) is 36.5. The van der Waals surface area contributed by atoms with Crippen molar-refractivity contribution in [2.24, 2.45) is 11.5 Å². The fourth-order valence-corrected chi connectivity index (χ4v) is 7.24. The Hall–Kier alpha value is -5.79. The molecule has 1 heterocycles. The minimum absolute atomic E-state index is 0.0165. The highest BCUT2D eigenvalue weighted by molar-refractivity contribution is 5.97. The summed E-state index contributed by atoms with van der Waals surface area (Å²) in [5, 5.41) is 52.8. The van der Waals surface area contributed by atoms with Crippen LogP contribution in [-0.4, -0.2) is 111 Å². The molecule has 348 valence electrons. The highest BCUT2D eigenvalue weighted by atomic mass is 16.4. The smallest absolute Gasteiger partial charge is 0.326 e. The molecule has 0 aromatic heterocycles. The summed E-state index contributed by atoms with van der Waals surface area (Å²) in [4.78, 5) is 92.1. The second kappa shape index (κ2) is 26.0. The normalized spacial score (nSPS) is 17.8. The van der Waals surface area contributed by atoms with Crippen LogP contribution < -0.4 is 38.1 Å². The minimum Gasteiger partial charge on any atom is -0.507 e. The van der Waals surface area contributed by atoms with E-state index in [1.165, 1.54) is 102 Å². The maximum Gasteiger partial charge on any atom is 0.326 e. The molecule has 2 aromatic carbocycles. The van der Waals surface area contributed by atoms with Gasteiger partial charge in [-0.1, -0.05) is 96.1 Å². The molecular weight excluding hydrogens is 817 g/mol. The Morgan fingerprint density at radius 2 is 1.29 bits per heavy atom. The van der Waals surface area contributed by atoms with E-state index in [9.17, 15) is 54.0 Å². The molecule has 2 aromatic rings. The summed E-state index contributed by atoms with van der Waals surface area (Å²) in [6.07, 6.45) is 11.1. The van der Waals surface area contributed by atoms with E-state index in [-0.39, 0.29) is 41.0 Å². The van der Waals surface area contributed by atoms with Crippen molar-refractivity contribution in [2.45, 2.75) is 147 Å². The second-order valence-corrected chi connectivity index (χ2v) is 16.1. The molecule has 3 rings (SSSR count). The lowest BCUT2D eigenvalue weighted by molar-refractivity contribution is -0.144. The number of unbranched alkanes of at least 4 members (excludes halogenated alkanes) is 12. The standard InChI is InChI=1S/C44H66N8O11/c1-4-5-6-7-8-9-10-11-12-13-14-15-16-17-35(56)48-32(25-53)40(58)50-37(45)42(60)51-38(46)43(61)52(3)36-28-19-21-34(55)30(24-28)29-22-27(18-20-33(29)54)23-31(44(62)63)49-39(57)26(2)47-41(36)59/h18-22,24,26,31-32,36-38,53-55H,4-17,23,25,45-46H2,1-3H3,(H,47,59)(H,48,56)(H,49,57)(H,50,58)(H,51,60)(H,62,63)/t26-,31-,32+,36-,37-,38+/m0/s1. The molecule has 0 saturated heterocycles. The maximum atomic E-state index is 13.9. The number of nitrogens with one attached hydrogen (secondary N) is 5. The molecule has 6 atom stereocenters. The van der Waals surface area contributed by atoms with Crippen LogP contribution in [0.4, 0.5) is 0 Å². The van der Waals surface area contributed by atoms with Gasteiger partial charge >= 0.3 is 5.97 Å². The van der Waals surface area contributed by atoms with Gasteiger partial charge in [0.15, 0.2) is 12.3 Å². The predicted octanol–water partition coefficient (Wildman–Crippen LogP) is 1.65. The highest BCUT2D eigenvalue weighted by Crippen LogP contribution is 2.38. The summed E-state index contributed by atoms with van der Waals surface area (Å²) < 4.78 is 0. The van der Waals surface area contributed by atoms with Gasteiger partial charge in [-0.15, -0.1) is 0 Å². The number of carboxylic acids is 1. The average Bonchev–Trinajstić information content (AvgIpc) is 3.24. The topological polar surface area (TPSA) is 316 Å². The summed E-state index contributed by atoms with van der Waals surface area (Å²) in [7, 11) is 1.17. The van der Waals surface area contributed by atoms with Gasteiger partial charge in [0.25, 0.3) is 11.8 Å². The van der Waals surface area contributed by atoms with Crippen LogP contribution in [0.5, 0.6) is 11.5 Å². The SMILES string of the molecule is CCCCCCCCCCCCCCCC(=O)N[C@H](CO)C(=O)N[C@H](N)C(=O)N[C@@H](N)C(=O)N(C)[C@@H]1C(=O)N[C@@H](C)C(=O)N[C@H](C(=O)O)Cc2ccc(O)c(c2)-c2cc1ccc2O. The third-order valence-electron chi connectivity index (χ3n) is 11.0. The number of benzene rings is 2. The Labute approximate surface area is 368 Å². The van der Waals surface area contributed by atoms with Crippen molar-refractivity contribution in [1.82, 2.24) is 31.5 Å². The molecule has 0 radical (unpaired) electrons. The van der Waals surface area contributed by atoms with Crippen molar-refractivity contribution < 1.29 is 54.0 Å². The molecule has 1 aliphatic heterocycles. The van der Waals surface area contributed by atoms with Gasteiger partial charge in [-0.25, -0.2) is 4.79 Å². The number of hydrogen-bond acceptors (Lipinski definition) is 12. The number of nitrogens with zero attached hydrogens (tertiary/aromatic N) is 1. The largest absolute Gasteiger partial charge is 0.507 e. The van der Waals surface area contributed by atoms with Gasteiger partial charge in [-0.05, 0) is 48.7 Å². The van der Waals surface area contributed by atoms with Gasteiger partial charge in [0, 0.05) is 31.0 Å². The molecule has 63 heavy (non-hydrogen) atoms. The number of carbonyl (C=O) groups excluding carboxylic acids is 6. The number of aromatic hydroxyl groups is 2. The van der Waals surface area contributed by atoms with E-state index < -0.39 is 84.5 Å². The van der Waals surface area contributed by atoms with E-state index in [0.717, 1.165) is 30.6 Å². The molecule has 13 N–H and O–H groups in total. The maximum absolute atomic E-state index is 13.9. The molecule has 0 fully saturated rings. The Morgan fingerprint density at radius 3 is 1.86 bits per heavy atom. The number of carbonyl (C=O) groups is 7. The van der Waals surface area contributed by atoms with Crippen molar-refractivity contribution in [3.63, 3.8) is 0 Å². The summed E-state index contributed by atoms with van der Waals surface area (Å²) >= 11 is 0. The Balaban J connectivity index is 1.61. The fraction of sp³-hybridized carbons (Fsp3) is 0.568. The molecule has 0 aliphatic carbocycles. The third kappa shape index (κ3) is 16.1. The molecule has 0 unspecified atom stereocenters. The Kier molecular flexibility index (Phi) is 21.3. The van der Waals surface area contributed by atoms with Crippen LogP contribution in [0.1, 0.15) is 121 Å². The summed E-state index contributed by atoms with van der Waals surface area (Å²) in [5.74, 6) is -7.44. The van der Waals surface area contributed by atoms with Crippen LogP contribution in [0.3, 0.4) is 0 Å². The molecule has 19 heteroatoms. The first-order chi connectivity index (χ1) is 30.0. The number of amides is 6. The Bertz CT molecular complexity index is 1900. The minimum atomic E-state index is -1.87. The number of phenols is 2. The number of likely N-dealkylation sites (N-methyl/N-ethyl adjacent to an activating group) is 1. The van der Waals surface area contributed by atoms with E-state index in [0.29, 0.717) is 12.0 Å². The summed E-state index contributed by atoms with van der Waals surface area (Å²) in [6, 6.07) is 2.21. The van der Waals surface area contributed by atoms with Gasteiger partial charge < -0.3 is 63.4 Å². The van der Waals surface area contributed by atoms with Gasteiger partial charge in [-0.3, -0.25) is 28.8 Å². The van der Waals surface area contributed by atoms with E-state index >= 15 is 0 Å². The van der Waals surface area contributed by atoms with Crippen molar-refractivity contribution in [3.8, 4) is 22.6 Å². The number of aliphatic hydroxyl groups excluding tert-OH is 1. The first-order valence-corrected chi connectivity index (χ1v) is 21.8. The Morgan fingerprint density at radius 1 is 0.746 bits per heavy atom. The molecule has 4 bridgehead atoms. The number of rotatable bonds is 23. The van der Waals surface area contributed by atoms with Crippen LogP contribution in [0.15, 0.2) is 36.4 Å². The van der Waals surface area contributed by atoms with Gasteiger partial charge in [-0.2, -0.15) is 0 Å². The van der Waals surface area contributed by atoms with Crippen molar-refractivity contribution in [3.05, 3.63) is 47.5 Å². The third-order valence-corrected chi connectivity index (χ3v) is 11.0.